The fraction of sp³-hybridized carbons (Fsp3) is 0.421. The smallest absolute Gasteiger partial charge is 0.408 e. The molecule has 0 saturated carbocycles. The first-order chi connectivity index (χ1) is 14.6. The third-order valence-corrected chi connectivity index (χ3v) is 5.42. The number of aromatic hydroxyl groups is 1. The van der Waals surface area contributed by atoms with Crippen molar-refractivity contribution in [2.45, 2.75) is 37.6 Å². The topological polar surface area (TPSA) is 110 Å². The Morgan fingerprint density at radius 3 is 2.87 bits per heavy atom. The molecule has 0 radical (unpaired) electrons. The second-order valence-corrected chi connectivity index (χ2v) is 7.57. The number of nitrogens with zero attached hydrogens (tertiary/aromatic N) is 3. The third kappa shape index (κ3) is 4.09. The van der Waals surface area contributed by atoms with Gasteiger partial charge in [0.2, 0.25) is 5.91 Å². The van der Waals surface area contributed by atoms with E-state index in [9.17, 15) is 27.9 Å². The zero-order valence-electron chi connectivity index (χ0n) is 16.5. The third-order valence-electron chi connectivity index (χ3n) is 5.42. The Morgan fingerprint density at radius 1 is 1.39 bits per heavy atom. The Bertz CT molecular complexity index is 963. The second-order valence-electron chi connectivity index (χ2n) is 7.57. The van der Waals surface area contributed by atoms with E-state index in [-0.39, 0.29) is 17.6 Å². The Balaban J connectivity index is 1.54. The molecule has 12 heteroatoms. The van der Waals surface area contributed by atoms with E-state index in [4.69, 9.17) is 0 Å². The molecule has 166 valence electrons. The minimum atomic E-state index is -4.56. The van der Waals surface area contributed by atoms with Crippen LogP contribution in [0.2, 0.25) is 0 Å². The zero-order valence-corrected chi connectivity index (χ0v) is 16.5. The number of amides is 3. The van der Waals surface area contributed by atoms with Crippen LogP contribution in [0.25, 0.3) is 0 Å². The van der Waals surface area contributed by atoms with Crippen LogP contribution in [0.1, 0.15) is 13.3 Å². The number of carbonyl (C=O) groups is 2. The summed E-state index contributed by atoms with van der Waals surface area (Å²) in [6.07, 6.45) is 0.581. The van der Waals surface area contributed by atoms with Crippen molar-refractivity contribution < 1.29 is 27.9 Å². The lowest BCUT2D eigenvalue weighted by Gasteiger charge is -2.41. The highest BCUT2D eigenvalue weighted by Crippen LogP contribution is 2.33. The number of urea groups is 1. The quantitative estimate of drug-likeness (QED) is 0.569. The molecule has 0 aromatic carbocycles. The van der Waals surface area contributed by atoms with Gasteiger partial charge in [0.05, 0.1) is 11.7 Å². The lowest BCUT2D eigenvalue weighted by molar-refractivity contribution is -0.158. The molecule has 3 atom stereocenters. The molecule has 9 nitrogen and oxygen atoms in total. The second kappa shape index (κ2) is 7.67. The standard InChI is InChI=1S/C19H21F3N6O3/c1-10(19(20,21)22)24-17(30)13-2-3-14-16(25-13)28(11-5-7-27(14)9-11)18(31)26-15-8-12(29)4-6-23-15/h2-4,6,8,10-11,13,25H,5,7,9H2,1H3,(H,24,30)(H2,23,26,29,31)/t10-,11+,13?/m1/s1. The first kappa shape index (κ1) is 20.8. The molecule has 1 unspecified atom stereocenters. The number of hydrogen-bond acceptors (Lipinski definition) is 6. The lowest BCUT2D eigenvalue weighted by atomic mass is 10.1. The highest BCUT2D eigenvalue weighted by Gasteiger charge is 2.43. The highest BCUT2D eigenvalue weighted by atomic mass is 19.4. The molecular weight excluding hydrogens is 417 g/mol. The molecule has 3 amide bonds. The number of pyridine rings is 1. The van der Waals surface area contributed by atoms with E-state index in [1.807, 2.05) is 10.2 Å². The van der Waals surface area contributed by atoms with E-state index < -0.39 is 30.2 Å². The molecule has 0 aliphatic carbocycles. The molecule has 3 aliphatic heterocycles. The maximum atomic E-state index is 13.0. The predicted molar refractivity (Wildman–Crippen MR) is 103 cm³/mol. The predicted octanol–water partition coefficient (Wildman–Crippen LogP) is 1.47. The van der Waals surface area contributed by atoms with E-state index in [0.717, 1.165) is 6.92 Å². The number of rotatable bonds is 3. The minimum absolute atomic E-state index is 0.0647. The summed E-state index contributed by atoms with van der Waals surface area (Å²) in [5.74, 6) is -0.429. The van der Waals surface area contributed by atoms with Crippen LogP contribution in [0.3, 0.4) is 0 Å². The minimum Gasteiger partial charge on any atom is -0.508 e. The number of aromatic nitrogens is 1. The number of dihydropyridines is 1. The van der Waals surface area contributed by atoms with Crippen LogP contribution in [0.5, 0.6) is 5.75 Å². The molecule has 1 saturated heterocycles. The first-order valence-corrected chi connectivity index (χ1v) is 9.70. The van der Waals surface area contributed by atoms with Gasteiger partial charge in [-0.3, -0.25) is 15.0 Å². The van der Waals surface area contributed by atoms with Gasteiger partial charge >= 0.3 is 12.2 Å². The lowest BCUT2D eigenvalue weighted by Crippen LogP contribution is -2.57. The van der Waals surface area contributed by atoms with Gasteiger partial charge < -0.3 is 20.6 Å². The van der Waals surface area contributed by atoms with Gasteiger partial charge in [0.25, 0.3) is 0 Å². The van der Waals surface area contributed by atoms with Crippen molar-refractivity contribution in [1.29, 1.82) is 0 Å². The van der Waals surface area contributed by atoms with Crippen molar-refractivity contribution in [3.63, 3.8) is 0 Å². The molecule has 31 heavy (non-hydrogen) atoms. The Morgan fingerprint density at radius 2 is 2.16 bits per heavy atom. The van der Waals surface area contributed by atoms with Crippen LogP contribution in [0.4, 0.5) is 23.8 Å². The van der Waals surface area contributed by atoms with Gasteiger partial charge in [0.1, 0.15) is 29.5 Å². The molecule has 2 bridgehead atoms. The zero-order chi connectivity index (χ0) is 22.3. The van der Waals surface area contributed by atoms with E-state index >= 15 is 0 Å². The molecular formula is C19H21F3N6O3. The first-order valence-electron chi connectivity index (χ1n) is 9.70. The fourth-order valence-electron chi connectivity index (χ4n) is 3.80. The van der Waals surface area contributed by atoms with Gasteiger partial charge in [-0.25, -0.2) is 9.78 Å². The number of nitrogens with one attached hydrogen (secondary N) is 3. The molecule has 4 rings (SSSR count). The van der Waals surface area contributed by atoms with Crippen molar-refractivity contribution >= 4 is 17.8 Å². The van der Waals surface area contributed by atoms with Crippen LogP contribution in [-0.4, -0.2) is 69.2 Å². The number of hydrogen-bond donors (Lipinski definition) is 4. The maximum Gasteiger partial charge on any atom is 0.408 e. The van der Waals surface area contributed by atoms with Crippen LogP contribution in [0, 0.1) is 0 Å². The number of halogens is 3. The highest BCUT2D eigenvalue weighted by molar-refractivity contribution is 5.91. The summed E-state index contributed by atoms with van der Waals surface area (Å²) in [6.45, 7) is 2.16. The normalized spacial score (nSPS) is 23.2. The number of allylic oxidation sites excluding steroid dienone is 1. The summed E-state index contributed by atoms with van der Waals surface area (Å²) in [5.41, 5.74) is 0.681. The molecule has 1 aromatic rings. The van der Waals surface area contributed by atoms with Gasteiger partial charge in [-0.15, -0.1) is 0 Å². The molecule has 0 spiro atoms. The number of fused-ring (bicyclic) bond motifs is 3. The summed E-state index contributed by atoms with van der Waals surface area (Å²) in [5, 5.41) is 17.1. The number of anilines is 1. The van der Waals surface area contributed by atoms with E-state index in [0.29, 0.717) is 31.0 Å². The van der Waals surface area contributed by atoms with Gasteiger partial charge in [-0.1, -0.05) is 6.08 Å². The van der Waals surface area contributed by atoms with Crippen molar-refractivity contribution in [2.75, 3.05) is 18.4 Å². The van der Waals surface area contributed by atoms with Crippen LogP contribution < -0.4 is 16.0 Å². The summed E-state index contributed by atoms with van der Waals surface area (Å²) in [4.78, 5) is 32.9. The average molecular weight is 438 g/mol. The SMILES string of the molecule is C[C@@H](NC(=O)C1C=CC2=C(N1)N(C(=O)Nc1cc(O)ccn1)[C@H]1CCN2C1)C(F)(F)F. The average Bonchev–Trinajstić information content (AvgIpc) is 3.11. The van der Waals surface area contributed by atoms with Gasteiger partial charge in [-0.05, 0) is 25.5 Å². The summed E-state index contributed by atoms with van der Waals surface area (Å²) in [6, 6.07) is -1.13. The molecule has 1 fully saturated rings. The molecule has 4 N–H and O–H groups in total. The van der Waals surface area contributed by atoms with Gasteiger partial charge in [0.15, 0.2) is 0 Å². The molecule has 1 aromatic heterocycles. The Hall–Kier alpha value is -3.44. The summed E-state index contributed by atoms with van der Waals surface area (Å²) in [7, 11) is 0. The fourth-order valence-corrected chi connectivity index (χ4v) is 3.80. The number of alkyl halides is 3. The van der Waals surface area contributed by atoms with E-state index in [1.54, 1.807) is 6.08 Å². The van der Waals surface area contributed by atoms with E-state index in [2.05, 4.69) is 15.6 Å². The largest absolute Gasteiger partial charge is 0.508 e. The van der Waals surface area contributed by atoms with Crippen molar-refractivity contribution in [3.8, 4) is 5.75 Å². The van der Waals surface area contributed by atoms with E-state index in [1.165, 1.54) is 29.3 Å². The van der Waals surface area contributed by atoms with Gasteiger partial charge in [-0.2, -0.15) is 13.2 Å². The van der Waals surface area contributed by atoms with Crippen molar-refractivity contribution in [2.24, 2.45) is 0 Å². The Kier molecular flexibility index (Phi) is 5.15. The van der Waals surface area contributed by atoms with Crippen LogP contribution in [-0.2, 0) is 4.79 Å². The summed E-state index contributed by atoms with van der Waals surface area (Å²) >= 11 is 0. The van der Waals surface area contributed by atoms with Crippen LogP contribution in [0.15, 0.2) is 42.0 Å². The number of carbonyl (C=O) groups excluding carboxylic acids is 2. The molecule has 4 heterocycles. The van der Waals surface area contributed by atoms with Crippen LogP contribution >= 0.6 is 0 Å². The van der Waals surface area contributed by atoms with Gasteiger partial charge in [0, 0.05) is 25.4 Å². The summed E-state index contributed by atoms with van der Waals surface area (Å²) < 4.78 is 38.4. The van der Waals surface area contributed by atoms with Crippen molar-refractivity contribution in [1.82, 2.24) is 25.4 Å². The Labute approximate surface area is 175 Å². The maximum absolute atomic E-state index is 13.0. The monoisotopic (exact) mass is 438 g/mol. The van der Waals surface area contributed by atoms with Crippen molar-refractivity contribution in [3.05, 3.63) is 42.0 Å². The molecule has 3 aliphatic rings.